The van der Waals surface area contributed by atoms with Crippen LogP contribution in [0.25, 0.3) is 0 Å². The molecule has 0 aliphatic carbocycles. The number of nitrogens with two attached hydrogens (primary N) is 1. The first-order chi connectivity index (χ1) is 7.18. The van der Waals surface area contributed by atoms with E-state index in [-0.39, 0.29) is 5.95 Å². The zero-order chi connectivity index (χ0) is 10.8. The van der Waals surface area contributed by atoms with Crippen molar-refractivity contribution < 1.29 is 4.73 Å². The molecular weight excluding hydrogens is 192 g/mol. The van der Waals surface area contributed by atoms with E-state index in [0.717, 1.165) is 25.3 Å². The first-order valence-corrected chi connectivity index (χ1v) is 4.95. The Morgan fingerprint density at radius 2 is 2.33 bits per heavy atom. The number of nitrogens with zero attached hydrogens (tertiary/aromatic N) is 3. The summed E-state index contributed by atoms with van der Waals surface area (Å²) in [4.78, 5) is 6.18. The second kappa shape index (κ2) is 3.76. The molecule has 0 amide bonds. The highest BCUT2D eigenvalue weighted by Crippen LogP contribution is 2.14. The molecule has 1 aromatic heterocycles. The van der Waals surface area contributed by atoms with E-state index in [9.17, 15) is 5.21 Å². The molecule has 0 unspecified atom stereocenters. The molecular formula is C10H14N4O. The lowest BCUT2D eigenvalue weighted by molar-refractivity contribution is -0.599. The van der Waals surface area contributed by atoms with Gasteiger partial charge in [-0.05, 0) is 13.3 Å². The zero-order valence-corrected chi connectivity index (χ0v) is 8.68. The minimum Gasteiger partial charge on any atom is -0.740 e. The van der Waals surface area contributed by atoms with Crippen LogP contribution in [0.3, 0.4) is 0 Å². The Morgan fingerprint density at radius 3 is 2.93 bits per heavy atom. The summed E-state index contributed by atoms with van der Waals surface area (Å²) in [6.45, 7) is 3.48. The van der Waals surface area contributed by atoms with Gasteiger partial charge in [-0.15, -0.1) is 0 Å². The third kappa shape index (κ3) is 1.86. The van der Waals surface area contributed by atoms with Crippen molar-refractivity contribution in [2.75, 3.05) is 23.7 Å². The van der Waals surface area contributed by atoms with E-state index in [1.165, 1.54) is 0 Å². The molecule has 0 atom stereocenters. The lowest BCUT2D eigenvalue weighted by Crippen LogP contribution is -2.37. The Balaban J connectivity index is 2.32. The van der Waals surface area contributed by atoms with Gasteiger partial charge in [0.15, 0.2) is 0 Å². The van der Waals surface area contributed by atoms with Crippen molar-refractivity contribution >= 4 is 11.8 Å². The zero-order valence-electron chi connectivity index (χ0n) is 8.68. The number of hydrogen-bond donors (Lipinski definition) is 1. The van der Waals surface area contributed by atoms with Gasteiger partial charge in [0.25, 0.3) is 0 Å². The average Bonchev–Trinajstić information content (AvgIpc) is 2.26. The van der Waals surface area contributed by atoms with E-state index in [2.05, 4.69) is 22.0 Å². The minimum absolute atomic E-state index is 0.0135. The highest BCUT2D eigenvalue weighted by molar-refractivity contribution is 5.42. The maximum absolute atomic E-state index is 11.3. The Kier molecular flexibility index (Phi) is 2.45. The summed E-state index contributed by atoms with van der Waals surface area (Å²) in [6, 6.07) is 1.77. The lowest BCUT2D eigenvalue weighted by atomic mass is 10.2. The number of aromatic nitrogens is 2. The van der Waals surface area contributed by atoms with Crippen molar-refractivity contribution in [1.29, 1.82) is 0 Å². The van der Waals surface area contributed by atoms with Gasteiger partial charge in [-0.1, -0.05) is 17.1 Å². The molecule has 0 spiro atoms. The smallest absolute Gasteiger partial charge is 0.392 e. The first kappa shape index (κ1) is 9.76. The van der Waals surface area contributed by atoms with E-state index < -0.39 is 0 Å². The predicted molar refractivity (Wildman–Crippen MR) is 58.3 cm³/mol. The van der Waals surface area contributed by atoms with E-state index in [4.69, 9.17) is 5.73 Å². The maximum atomic E-state index is 11.3. The molecule has 0 saturated heterocycles. The van der Waals surface area contributed by atoms with Gasteiger partial charge in [-0.3, -0.25) is 5.73 Å². The fourth-order valence-electron chi connectivity index (χ4n) is 1.63. The quantitative estimate of drug-likeness (QED) is 0.409. The molecule has 1 aromatic rings. The van der Waals surface area contributed by atoms with Gasteiger partial charge in [-0.25, -0.2) is 4.73 Å². The summed E-state index contributed by atoms with van der Waals surface area (Å²) in [5.41, 5.74) is 6.10. The van der Waals surface area contributed by atoms with Crippen LogP contribution in [0.2, 0.25) is 0 Å². The topological polar surface area (TPSA) is 69.1 Å². The van der Waals surface area contributed by atoms with Crippen LogP contribution in [0.1, 0.15) is 12.1 Å². The summed E-state index contributed by atoms with van der Waals surface area (Å²) in [5, 5.41) is 11.3. The molecule has 1 aliphatic rings. The van der Waals surface area contributed by atoms with Crippen LogP contribution in [0.15, 0.2) is 18.2 Å². The van der Waals surface area contributed by atoms with Gasteiger partial charge < -0.3 is 10.1 Å². The predicted octanol–water partition coefficient (Wildman–Crippen LogP) is 0.372. The third-order valence-corrected chi connectivity index (χ3v) is 2.48. The van der Waals surface area contributed by atoms with Crippen LogP contribution in [0.5, 0.6) is 0 Å². The fraction of sp³-hybridized carbons (Fsp3) is 0.400. The van der Waals surface area contributed by atoms with E-state index in [1.807, 2.05) is 0 Å². The van der Waals surface area contributed by atoms with Crippen LogP contribution in [-0.2, 0) is 0 Å². The Morgan fingerprint density at radius 1 is 1.53 bits per heavy atom. The number of hydrogen-bond acceptors (Lipinski definition) is 4. The summed E-state index contributed by atoms with van der Waals surface area (Å²) >= 11 is 0. The largest absolute Gasteiger partial charge is 0.740 e. The van der Waals surface area contributed by atoms with Crippen molar-refractivity contribution in [1.82, 2.24) is 4.98 Å². The summed E-state index contributed by atoms with van der Waals surface area (Å²) in [7, 11) is 0. The van der Waals surface area contributed by atoms with Gasteiger partial charge in [-0.2, -0.15) is 0 Å². The molecule has 80 valence electrons. The second-order valence-electron chi connectivity index (χ2n) is 3.61. The molecule has 0 bridgehead atoms. The Bertz CT molecular complexity index is 379. The van der Waals surface area contributed by atoms with Gasteiger partial charge in [0.05, 0.1) is 5.69 Å². The highest BCUT2D eigenvalue weighted by atomic mass is 16.5. The summed E-state index contributed by atoms with van der Waals surface area (Å²) in [6.07, 6.45) is 5.24. The molecule has 0 radical (unpaired) electrons. The first-order valence-electron chi connectivity index (χ1n) is 4.95. The van der Waals surface area contributed by atoms with Gasteiger partial charge in [0, 0.05) is 19.2 Å². The van der Waals surface area contributed by atoms with E-state index >= 15 is 0 Å². The molecule has 2 N–H and O–H groups in total. The maximum Gasteiger partial charge on any atom is 0.392 e. The van der Waals surface area contributed by atoms with Crippen LogP contribution in [0.4, 0.5) is 11.8 Å². The van der Waals surface area contributed by atoms with Crippen molar-refractivity contribution in [3.8, 4) is 0 Å². The van der Waals surface area contributed by atoms with Crippen LogP contribution < -0.4 is 15.4 Å². The lowest BCUT2D eigenvalue weighted by Gasteiger charge is -2.23. The molecule has 0 aromatic carbocycles. The van der Waals surface area contributed by atoms with Crippen LogP contribution >= 0.6 is 0 Å². The van der Waals surface area contributed by atoms with Gasteiger partial charge in [0.2, 0.25) is 5.82 Å². The van der Waals surface area contributed by atoms with Crippen molar-refractivity contribution in [3.05, 3.63) is 29.1 Å². The minimum atomic E-state index is 0.0135. The second-order valence-corrected chi connectivity index (χ2v) is 3.61. The highest BCUT2D eigenvalue weighted by Gasteiger charge is 2.15. The van der Waals surface area contributed by atoms with Crippen molar-refractivity contribution in [3.63, 3.8) is 0 Å². The number of nitrogen functional groups attached to an aromatic ring is 1. The monoisotopic (exact) mass is 206 g/mol. The van der Waals surface area contributed by atoms with E-state index in [1.54, 1.807) is 13.0 Å². The summed E-state index contributed by atoms with van der Waals surface area (Å²) < 4.78 is 0.642. The van der Waals surface area contributed by atoms with Gasteiger partial charge in [0.1, 0.15) is 0 Å². The van der Waals surface area contributed by atoms with Crippen molar-refractivity contribution in [2.24, 2.45) is 0 Å². The Labute approximate surface area is 88.4 Å². The fourth-order valence-corrected chi connectivity index (χ4v) is 1.63. The molecule has 5 heteroatoms. The molecule has 1 aliphatic heterocycles. The molecule has 5 nitrogen and oxygen atoms in total. The molecule has 2 heterocycles. The average molecular weight is 206 g/mol. The third-order valence-electron chi connectivity index (χ3n) is 2.48. The van der Waals surface area contributed by atoms with Crippen molar-refractivity contribution in [2.45, 2.75) is 13.3 Å². The molecule has 15 heavy (non-hydrogen) atoms. The van der Waals surface area contributed by atoms with E-state index in [0.29, 0.717) is 10.4 Å². The molecule has 0 fully saturated rings. The van der Waals surface area contributed by atoms with Crippen LogP contribution in [0, 0.1) is 12.1 Å². The number of rotatable bonds is 1. The normalized spacial score (nSPS) is 15.7. The number of aryl methyl sites for hydroxylation is 1. The number of anilines is 2. The SMILES string of the molecule is Cc1cc(N2CC=CCC2)nc(N)[n+]1[O-]. The standard InChI is InChI=1S/C10H14N4O/c1-8-7-9(12-10(11)14(8)15)13-5-3-2-4-6-13/h2-3,7H,4-6H2,1H3,(H2,11,12). The summed E-state index contributed by atoms with van der Waals surface area (Å²) in [5.74, 6) is 0.793. The van der Waals surface area contributed by atoms with Crippen LogP contribution in [-0.4, -0.2) is 18.1 Å². The Hall–Kier alpha value is -1.78. The van der Waals surface area contributed by atoms with Gasteiger partial charge >= 0.3 is 5.95 Å². The molecule has 0 saturated carbocycles. The molecule has 2 rings (SSSR count).